The zero-order chi connectivity index (χ0) is 19.0. The van der Waals surface area contributed by atoms with Crippen molar-refractivity contribution in [2.45, 2.75) is 12.5 Å². The lowest BCUT2D eigenvalue weighted by Gasteiger charge is -2.12. The summed E-state index contributed by atoms with van der Waals surface area (Å²) in [5, 5.41) is 15.3. The second kappa shape index (κ2) is 6.77. The van der Waals surface area contributed by atoms with Crippen LogP contribution >= 0.6 is 11.6 Å². The van der Waals surface area contributed by atoms with Gasteiger partial charge in [0.15, 0.2) is 0 Å². The fourth-order valence-electron chi connectivity index (χ4n) is 3.12. The highest BCUT2D eigenvalue weighted by atomic mass is 35.5. The van der Waals surface area contributed by atoms with Gasteiger partial charge in [0.2, 0.25) is 5.88 Å². The number of benzene rings is 2. The van der Waals surface area contributed by atoms with Crippen LogP contribution in [0.5, 0.6) is 5.88 Å². The van der Waals surface area contributed by atoms with Gasteiger partial charge in [0.1, 0.15) is 5.56 Å². The molecular formula is C19H15ClN4O3. The lowest BCUT2D eigenvalue weighted by molar-refractivity contribution is 0.429. The number of hydrogen-bond donors (Lipinski definition) is 3. The Morgan fingerprint density at radius 2 is 1.89 bits per heavy atom. The van der Waals surface area contributed by atoms with Crippen LogP contribution in [0.4, 0.5) is 0 Å². The first-order valence-corrected chi connectivity index (χ1v) is 8.64. The van der Waals surface area contributed by atoms with E-state index in [1.54, 1.807) is 18.2 Å². The van der Waals surface area contributed by atoms with E-state index in [-0.39, 0.29) is 11.6 Å². The largest absolute Gasteiger partial charge is 0.493 e. The molecule has 2 aromatic carbocycles. The van der Waals surface area contributed by atoms with Gasteiger partial charge in [-0.1, -0.05) is 48.0 Å². The number of aromatic hydroxyl groups is 1. The predicted molar refractivity (Wildman–Crippen MR) is 103 cm³/mol. The number of hydrazone groups is 1. The van der Waals surface area contributed by atoms with Gasteiger partial charge in [-0.05, 0) is 23.8 Å². The maximum Gasteiger partial charge on any atom is 0.335 e. The lowest BCUT2D eigenvalue weighted by atomic mass is 10.00. The first-order valence-electron chi connectivity index (χ1n) is 8.26. The van der Waals surface area contributed by atoms with E-state index in [4.69, 9.17) is 11.6 Å². The molecule has 27 heavy (non-hydrogen) atoms. The van der Waals surface area contributed by atoms with Gasteiger partial charge in [-0.25, -0.2) is 9.36 Å². The highest BCUT2D eigenvalue weighted by molar-refractivity contribution is 6.30. The molecule has 4 rings (SSSR count). The molecule has 0 bridgehead atoms. The smallest absolute Gasteiger partial charge is 0.335 e. The molecule has 1 aromatic heterocycles. The summed E-state index contributed by atoms with van der Waals surface area (Å²) in [6.45, 7) is 0. The Kier molecular flexibility index (Phi) is 4.29. The third-order valence-corrected chi connectivity index (χ3v) is 4.63. The van der Waals surface area contributed by atoms with Gasteiger partial charge < -0.3 is 10.5 Å². The third-order valence-electron chi connectivity index (χ3n) is 4.40. The Morgan fingerprint density at radius 3 is 2.63 bits per heavy atom. The number of nitrogens with one attached hydrogen (secondary N) is 2. The van der Waals surface area contributed by atoms with Crippen molar-refractivity contribution >= 4 is 17.3 Å². The molecule has 1 aliphatic heterocycles. The van der Waals surface area contributed by atoms with Crippen molar-refractivity contribution in [1.82, 2.24) is 15.0 Å². The van der Waals surface area contributed by atoms with Crippen LogP contribution in [-0.4, -0.2) is 20.4 Å². The minimum atomic E-state index is -0.755. The third kappa shape index (κ3) is 3.13. The molecule has 0 spiro atoms. The van der Waals surface area contributed by atoms with Crippen LogP contribution in [0, 0.1) is 0 Å². The number of halogens is 1. The summed E-state index contributed by atoms with van der Waals surface area (Å²) in [4.78, 5) is 26.9. The number of rotatable bonds is 3. The standard InChI is InChI=1S/C19H15ClN4O3/c20-12-7-4-8-13(9-12)24-18(26)16(17(25)21-19(24)27)15-10-14(22-23-15)11-5-2-1-3-6-11/h1-9,14,22,26H,10H2,(H,21,25,27)/t14-/m1/s1. The van der Waals surface area contributed by atoms with Gasteiger partial charge in [-0.2, -0.15) is 5.10 Å². The lowest BCUT2D eigenvalue weighted by Crippen LogP contribution is -2.33. The first kappa shape index (κ1) is 17.1. The van der Waals surface area contributed by atoms with Crippen molar-refractivity contribution in [3.63, 3.8) is 0 Å². The average Bonchev–Trinajstić information content (AvgIpc) is 3.12. The molecule has 2 heterocycles. The fraction of sp³-hybridized carbons (Fsp3) is 0.105. The number of aromatic amines is 1. The van der Waals surface area contributed by atoms with Crippen molar-refractivity contribution < 1.29 is 5.11 Å². The molecule has 0 aliphatic carbocycles. The quantitative estimate of drug-likeness (QED) is 0.647. The van der Waals surface area contributed by atoms with Crippen molar-refractivity contribution in [1.29, 1.82) is 0 Å². The van der Waals surface area contributed by atoms with E-state index in [1.807, 2.05) is 30.3 Å². The molecule has 0 saturated carbocycles. The topological polar surface area (TPSA) is 99.5 Å². The second-order valence-corrected chi connectivity index (χ2v) is 6.56. The maximum atomic E-state index is 12.4. The molecule has 7 nitrogen and oxygen atoms in total. The zero-order valence-electron chi connectivity index (χ0n) is 14.0. The summed E-state index contributed by atoms with van der Waals surface area (Å²) in [6, 6.07) is 16.0. The van der Waals surface area contributed by atoms with E-state index in [0.717, 1.165) is 10.1 Å². The van der Waals surface area contributed by atoms with Crippen LogP contribution in [0.15, 0.2) is 69.3 Å². The van der Waals surface area contributed by atoms with Gasteiger partial charge in [-0.15, -0.1) is 0 Å². The summed E-state index contributed by atoms with van der Waals surface area (Å²) >= 11 is 5.98. The van der Waals surface area contributed by atoms with Crippen LogP contribution in [0.3, 0.4) is 0 Å². The van der Waals surface area contributed by atoms with E-state index in [2.05, 4.69) is 15.5 Å². The van der Waals surface area contributed by atoms with Crippen LogP contribution in [0.1, 0.15) is 23.6 Å². The minimum absolute atomic E-state index is 0.0412. The van der Waals surface area contributed by atoms with E-state index >= 15 is 0 Å². The molecule has 136 valence electrons. The molecular weight excluding hydrogens is 368 g/mol. The summed E-state index contributed by atoms with van der Waals surface area (Å²) in [5.41, 5.74) is 3.21. The van der Waals surface area contributed by atoms with Crippen LogP contribution in [0.2, 0.25) is 5.02 Å². The zero-order valence-corrected chi connectivity index (χ0v) is 14.8. The molecule has 0 unspecified atom stereocenters. The van der Waals surface area contributed by atoms with Crippen molar-refractivity contribution in [2.24, 2.45) is 5.10 Å². The van der Waals surface area contributed by atoms with Gasteiger partial charge in [0.05, 0.1) is 17.4 Å². The van der Waals surface area contributed by atoms with Gasteiger partial charge in [0, 0.05) is 11.4 Å². The monoisotopic (exact) mass is 382 g/mol. The van der Waals surface area contributed by atoms with E-state index in [9.17, 15) is 14.7 Å². The number of aromatic nitrogens is 2. The Labute approximate surface area is 158 Å². The van der Waals surface area contributed by atoms with Crippen LogP contribution in [-0.2, 0) is 0 Å². The van der Waals surface area contributed by atoms with Gasteiger partial charge in [-0.3, -0.25) is 9.78 Å². The molecule has 1 atom stereocenters. The van der Waals surface area contributed by atoms with E-state index in [1.165, 1.54) is 6.07 Å². The molecule has 1 aliphatic rings. The van der Waals surface area contributed by atoms with E-state index < -0.39 is 17.1 Å². The maximum absolute atomic E-state index is 12.4. The molecule has 3 aromatic rings. The molecule has 3 N–H and O–H groups in total. The summed E-state index contributed by atoms with van der Waals surface area (Å²) in [5.74, 6) is -0.472. The highest BCUT2D eigenvalue weighted by Crippen LogP contribution is 2.27. The molecule has 0 saturated heterocycles. The summed E-state index contributed by atoms with van der Waals surface area (Å²) in [6.07, 6.45) is 0.397. The van der Waals surface area contributed by atoms with E-state index in [0.29, 0.717) is 22.8 Å². The fourth-order valence-corrected chi connectivity index (χ4v) is 3.30. The molecule has 8 heteroatoms. The van der Waals surface area contributed by atoms with Gasteiger partial charge >= 0.3 is 5.69 Å². The summed E-state index contributed by atoms with van der Waals surface area (Å²) < 4.78 is 1.00. The molecule has 0 amide bonds. The number of H-pyrrole nitrogens is 1. The van der Waals surface area contributed by atoms with Crippen LogP contribution < -0.4 is 16.7 Å². The second-order valence-electron chi connectivity index (χ2n) is 6.13. The SMILES string of the molecule is O=c1[nH]c(=O)n(-c2cccc(Cl)c2)c(O)c1C1=NN[C@@H](c2ccccc2)C1. The molecule has 0 radical (unpaired) electrons. The minimum Gasteiger partial charge on any atom is -0.493 e. The van der Waals surface area contributed by atoms with Gasteiger partial charge in [0.25, 0.3) is 5.56 Å². The Hall–Kier alpha value is -3.32. The Bertz CT molecular complexity index is 1150. The first-order chi connectivity index (χ1) is 13.0. The van der Waals surface area contributed by atoms with Crippen LogP contribution in [0.25, 0.3) is 5.69 Å². The number of hydrogen-bond acceptors (Lipinski definition) is 5. The average molecular weight is 383 g/mol. The number of nitrogens with zero attached hydrogens (tertiary/aromatic N) is 2. The molecule has 0 fully saturated rings. The Balaban J connectivity index is 1.77. The summed E-state index contributed by atoms with van der Waals surface area (Å²) in [7, 11) is 0. The normalized spacial score (nSPS) is 16.0. The highest BCUT2D eigenvalue weighted by Gasteiger charge is 2.27. The van der Waals surface area contributed by atoms with Crippen molar-refractivity contribution in [3.8, 4) is 11.6 Å². The Morgan fingerprint density at radius 1 is 1.11 bits per heavy atom. The predicted octanol–water partition coefficient (Wildman–Crippen LogP) is 2.32. The van der Waals surface area contributed by atoms with Crippen molar-refractivity contribution in [3.05, 3.63) is 91.6 Å². The van der Waals surface area contributed by atoms with Crippen molar-refractivity contribution in [2.75, 3.05) is 0 Å².